The summed E-state index contributed by atoms with van der Waals surface area (Å²) in [5.74, 6) is 0.207. The molecule has 32 heavy (non-hydrogen) atoms. The topological polar surface area (TPSA) is 82.7 Å². The minimum absolute atomic E-state index is 0.124. The minimum atomic E-state index is -0.338. The lowest BCUT2D eigenvalue weighted by Crippen LogP contribution is -2.35. The number of nitrogens with zero attached hydrogens (tertiary/aromatic N) is 1. The molecule has 0 spiro atoms. The van der Waals surface area contributed by atoms with Crippen LogP contribution in [0.2, 0.25) is 0 Å². The molecule has 9 heteroatoms. The monoisotopic (exact) mass is 520 g/mol. The number of nitrogens with one attached hydrogen (secondary N) is 3. The molecule has 3 N–H and O–H groups in total. The smallest absolute Gasteiger partial charge is 0.257 e. The van der Waals surface area contributed by atoms with Gasteiger partial charge in [-0.25, -0.2) is 0 Å². The van der Waals surface area contributed by atoms with Gasteiger partial charge in [-0.15, -0.1) is 0 Å². The van der Waals surface area contributed by atoms with Crippen LogP contribution in [0.15, 0.2) is 46.9 Å². The molecule has 2 aromatic carbocycles. The normalized spacial score (nSPS) is 10.5. The Kier molecular flexibility index (Phi) is 10.6. The number of hydrogen-bond acceptors (Lipinski definition) is 5. The van der Waals surface area contributed by atoms with Crippen LogP contribution < -0.4 is 20.7 Å². The van der Waals surface area contributed by atoms with Gasteiger partial charge in [0.2, 0.25) is 0 Å². The third kappa shape index (κ3) is 7.89. The molecule has 172 valence electrons. The molecule has 0 saturated heterocycles. The first-order chi connectivity index (χ1) is 15.4. The predicted molar refractivity (Wildman–Crippen MR) is 136 cm³/mol. The third-order valence-electron chi connectivity index (χ3n) is 4.73. The van der Waals surface area contributed by atoms with Crippen molar-refractivity contribution in [3.63, 3.8) is 0 Å². The maximum absolute atomic E-state index is 12.4. The second-order valence-electron chi connectivity index (χ2n) is 6.85. The van der Waals surface area contributed by atoms with E-state index in [4.69, 9.17) is 17.0 Å². The molecule has 0 aromatic heterocycles. The van der Waals surface area contributed by atoms with Gasteiger partial charge in [-0.1, -0.05) is 13.8 Å². The van der Waals surface area contributed by atoms with Crippen LogP contribution in [0.3, 0.4) is 0 Å². The van der Waals surface area contributed by atoms with E-state index in [1.165, 1.54) is 0 Å². The van der Waals surface area contributed by atoms with E-state index in [2.05, 4.69) is 50.6 Å². The molecule has 0 saturated carbocycles. The van der Waals surface area contributed by atoms with E-state index in [9.17, 15) is 9.59 Å². The number of amides is 2. The largest absolute Gasteiger partial charge is 0.493 e. The summed E-state index contributed by atoms with van der Waals surface area (Å²) < 4.78 is 6.14. The van der Waals surface area contributed by atoms with Gasteiger partial charge in [-0.3, -0.25) is 14.9 Å². The SMILES string of the molecule is CCOc1ccc(C(=O)NC(=S)Nc2ccc(C(=O)NCCN(CC)CC)cc2)cc1Br. The van der Waals surface area contributed by atoms with Crippen LogP contribution in [0.25, 0.3) is 0 Å². The average molecular weight is 521 g/mol. The predicted octanol–water partition coefficient (Wildman–Crippen LogP) is 4.05. The molecule has 0 heterocycles. The highest BCUT2D eigenvalue weighted by atomic mass is 79.9. The number of thiocarbonyl (C=S) groups is 1. The van der Waals surface area contributed by atoms with Gasteiger partial charge in [0, 0.05) is 29.9 Å². The lowest BCUT2D eigenvalue weighted by atomic mass is 10.2. The maximum atomic E-state index is 12.4. The number of halogens is 1. The van der Waals surface area contributed by atoms with Crippen LogP contribution >= 0.6 is 28.1 Å². The van der Waals surface area contributed by atoms with Crippen molar-refractivity contribution in [1.82, 2.24) is 15.5 Å². The molecule has 0 bridgehead atoms. The lowest BCUT2D eigenvalue weighted by Gasteiger charge is -2.18. The van der Waals surface area contributed by atoms with Crippen molar-refractivity contribution >= 4 is 50.8 Å². The summed E-state index contributed by atoms with van der Waals surface area (Å²) in [5.41, 5.74) is 1.67. The molecular formula is C23H29BrN4O3S. The Morgan fingerprint density at radius 3 is 2.25 bits per heavy atom. The zero-order chi connectivity index (χ0) is 23.5. The molecule has 2 rings (SSSR count). The Bertz CT molecular complexity index is 933. The van der Waals surface area contributed by atoms with Crippen LogP contribution in [0, 0.1) is 0 Å². The molecule has 0 radical (unpaired) electrons. The van der Waals surface area contributed by atoms with Crippen molar-refractivity contribution in [2.24, 2.45) is 0 Å². The van der Waals surface area contributed by atoms with Crippen molar-refractivity contribution in [3.8, 4) is 5.75 Å². The van der Waals surface area contributed by atoms with Crippen molar-refractivity contribution in [1.29, 1.82) is 0 Å². The fourth-order valence-corrected chi connectivity index (χ4v) is 3.63. The zero-order valence-electron chi connectivity index (χ0n) is 18.5. The lowest BCUT2D eigenvalue weighted by molar-refractivity contribution is 0.0947. The number of rotatable bonds is 10. The molecule has 0 unspecified atom stereocenters. The number of carbonyl (C=O) groups is 2. The first-order valence-electron chi connectivity index (χ1n) is 10.5. The molecule has 7 nitrogen and oxygen atoms in total. The van der Waals surface area contributed by atoms with Crippen LogP contribution in [-0.2, 0) is 0 Å². The van der Waals surface area contributed by atoms with E-state index in [0.717, 1.165) is 19.6 Å². The molecule has 2 aromatic rings. The Morgan fingerprint density at radius 1 is 1.00 bits per heavy atom. The summed E-state index contributed by atoms with van der Waals surface area (Å²) in [7, 11) is 0. The Hall–Kier alpha value is -2.49. The second-order valence-corrected chi connectivity index (χ2v) is 8.11. The van der Waals surface area contributed by atoms with Gasteiger partial charge in [0.1, 0.15) is 5.75 Å². The van der Waals surface area contributed by atoms with Crippen molar-refractivity contribution in [2.45, 2.75) is 20.8 Å². The summed E-state index contributed by atoms with van der Waals surface area (Å²) in [6.07, 6.45) is 0. The van der Waals surface area contributed by atoms with Gasteiger partial charge in [0.05, 0.1) is 11.1 Å². The van der Waals surface area contributed by atoms with E-state index in [1.807, 2.05) is 6.92 Å². The first kappa shape index (κ1) is 25.8. The molecular weight excluding hydrogens is 492 g/mol. The Labute approximate surface area is 203 Å². The van der Waals surface area contributed by atoms with Gasteiger partial charge < -0.3 is 20.3 Å². The highest BCUT2D eigenvalue weighted by Gasteiger charge is 2.11. The molecule has 0 aliphatic carbocycles. The van der Waals surface area contributed by atoms with Crippen molar-refractivity contribution < 1.29 is 14.3 Å². The average Bonchev–Trinajstić information content (AvgIpc) is 2.78. The highest BCUT2D eigenvalue weighted by molar-refractivity contribution is 9.10. The third-order valence-corrected chi connectivity index (χ3v) is 5.56. The number of anilines is 1. The van der Waals surface area contributed by atoms with Crippen LogP contribution in [0.1, 0.15) is 41.5 Å². The fourth-order valence-electron chi connectivity index (χ4n) is 2.93. The van der Waals surface area contributed by atoms with Gasteiger partial charge >= 0.3 is 0 Å². The number of benzene rings is 2. The molecule has 0 aliphatic heterocycles. The van der Waals surface area contributed by atoms with E-state index in [0.29, 0.717) is 40.2 Å². The van der Waals surface area contributed by atoms with Crippen LogP contribution in [0.5, 0.6) is 5.75 Å². The summed E-state index contributed by atoms with van der Waals surface area (Å²) in [6, 6.07) is 12.0. The van der Waals surface area contributed by atoms with Gasteiger partial charge in [-0.05, 0) is 90.6 Å². The molecule has 0 fully saturated rings. The number of ether oxygens (including phenoxy) is 1. The summed E-state index contributed by atoms with van der Waals surface area (Å²) >= 11 is 8.63. The summed E-state index contributed by atoms with van der Waals surface area (Å²) in [5, 5.41) is 8.68. The molecule has 0 aliphatic rings. The van der Waals surface area contributed by atoms with Gasteiger partial charge in [-0.2, -0.15) is 0 Å². The quantitative estimate of drug-likeness (QED) is 0.410. The highest BCUT2D eigenvalue weighted by Crippen LogP contribution is 2.26. The van der Waals surface area contributed by atoms with E-state index < -0.39 is 0 Å². The molecule has 0 atom stereocenters. The number of likely N-dealkylation sites (N-methyl/N-ethyl adjacent to an activating group) is 1. The van der Waals surface area contributed by atoms with Crippen LogP contribution in [-0.4, -0.2) is 54.6 Å². The number of carbonyl (C=O) groups excluding carboxylic acids is 2. The maximum Gasteiger partial charge on any atom is 0.257 e. The molecule has 2 amide bonds. The summed E-state index contributed by atoms with van der Waals surface area (Å²) in [4.78, 5) is 27.0. The Balaban J connectivity index is 1.86. The van der Waals surface area contributed by atoms with E-state index in [1.54, 1.807) is 42.5 Å². The Morgan fingerprint density at radius 2 is 1.66 bits per heavy atom. The zero-order valence-corrected chi connectivity index (χ0v) is 20.9. The van der Waals surface area contributed by atoms with Crippen molar-refractivity contribution in [2.75, 3.05) is 38.1 Å². The van der Waals surface area contributed by atoms with E-state index >= 15 is 0 Å². The standard InChI is InChI=1S/C23H29BrN4O3S/c1-4-28(5-2)14-13-25-21(29)16-7-10-18(11-8-16)26-23(32)27-22(30)17-9-12-20(31-6-3)19(24)15-17/h7-12,15H,4-6,13-14H2,1-3H3,(H,25,29)(H2,26,27,30,32). The van der Waals surface area contributed by atoms with E-state index in [-0.39, 0.29) is 16.9 Å². The fraction of sp³-hybridized carbons (Fsp3) is 0.348. The summed E-state index contributed by atoms with van der Waals surface area (Å²) in [6.45, 7) is 9.95. The first-order valence-corrected chi connectivity index (χ1v) is 11.7. The van der Waals surface area contributed by atoms with Crippen molar-refractivity contribution in [3.05, 3.63) is 58.1 Å². The number of hydrogen-bond donors (Lipinski definition) is 3. The minimum Gasteiger partial charge on any atom is -0.493 e. The van der Waals surface area contributed by atoms with Gasteiger partial charge in [0.25, 0.3) is 11.8 Å². The second kappa shape index (κ2) is 13.1. The van der Waals surface area contributed by atoms with Gasteiger partial charge in [0.15, 0.2) is 5.11 Å². The van der Waals surface area contributed by atoms with Crippen LogP contribution in [0.4, 0.5) is 5.69 Å².